The normalized spacial score (nSPS) is 14.0. The van der Waals surface area contributed by atoms with E-state index in [2.05, 4.69) is 15.6 Å². The Morgan fingerprint density at radius 3 is 2.33 bits per heavy atom. The van der Waals surface area contributed by atoms with Gasteiger partial charge in [-0.3, -0.25) is 9.59 Å². The maximum absolute atomic E-state index is 14.2. The highest BCUT2D eigenvalue weighted by Crippen LogP contribution is 2.39. The van der Waals surface area contributed by atoms with Gasteiger partial charge < -0.3 is 19.7 Å². The molecule has 43 heavy (non-hydrogen) atoms. The van der Waals surface area contributed by atoms with Crippen LogP contribution < -0.4 is 14.8 Å². The molecule has 0 radical (unpaired) electrons. The molecule has 1 fully saturated rings. The van der Waals surface area contributed by atoms with Crippen LogP contribution in [0, 0.1) is 0 Å². The van der Waals surface area contributed by atoms with Crippen LogP contribution in [-0.4, -0.2) is 56.5 Å². The number of carbonyl (C=O) groups excluding carboxylic acids is 2. The van der Waals surface area contributed by atoms with Gasteiger partial charge in [-0.2, -0.15) is 0 Å². The summed E-state index contributed by atoms with van der Waals surface area (Å²) in [5, 5.41) is 14.3. The number of fused-ring (bicyclic) bond motifs is 1. The third-order valence-electron chi connectivity index (χ3n) is 7.96. The van der Waals surface area contributed by atoms with Gasteiger partial charge in [0.05, 0.1) is 32.0 Å². The number of nitrogens with zero attached hydrogens (tertiary/aromatic N) is 5. The van der Waals surface area contributed by atoms with Crippen LogP contribution in [0.4, 0.5) is 5.69 Å². The first kappa shape index (κ1) is 28.4. The Morgan fingerprint density at radius 2 is 1.63 bits per heavy atom. The summed E-state index contributed by atoms with van der Waals surface area (Å²) in [6.07, 6.45) is 2.77. The summed E-state index contributed by atoms with van der Waals surface area (Å²) in [5.74, 6) is 1.03. The van der Waals surface area contributed by atoms with E-state index >= 15 is 0 Å². The zero-order valence-electron chi connectivity index (χ0n) is 24.0. The highest BCUT2D eigenvalue weighted by atomic mass is 32.1. The minimum Gasteiger partial charge on any atom is -0.497 e. The Hall–Kier alpha value is -4.77. The van der Waals surface area contributed by atoms with E-state index in [1.165, 1.54) is 11.3 Å². The van der Waals surface area contributed by atoms with Crippen LogP contribution in [0.5, 0.6) is 11.5 Å². The van der Waals surface area contributed by atoms with Crippen molar-refractivity contribution in [2.24, 2.45) is 0 Å². The number of methoxy groups -OCH3 is 2. The number of carbonyl (C=O) groups is 2. The van der Waals surface area contributed by atoms with Gasteiger partial charge in [-0.05, 0) is 73.5 Å². The van der Waals surface area contributed by atoms with Gasteiger partial charge in [-0.25, -0.2) is 9.67 Å². The minimum atomic E-state index is -1.04. The lowest BCUT2D eigenvalue weighted by atomic mass is 9.93. The van der Waals surface area contributed by atoms with Crippen LogP contribution >= 0.6 is 11.3 Å². The summed E-state index contributed by atoms with van der Waals surface area (Å²) in [7, 11) is 3.23. The van der Waals surface area contributed by atoms with Crippen LogP contribution in [0.1, 0.15) is 30.7 Å². The number of nitrogens with one attached hydrogen (secondary N) is 1. The number of ether oxygens (including phenoxy) is 2. The van der Waals surface area contributed by atoms with Gasteiger partial charge in [0, 0.05) is 16.6 Å². The van der Waals surface area contributed by atoms with Crippen LogP contribution in [-0.2, 0) is 22.7 Å². The molecule has 1 aliphatic carbocycles. The number of thiazole rings is 1. The second-order valence-corrected chi connectivity index (χ2v) is 11.4. The molecule has 10 nitrogen and oxygen atoms in total. The molecule has 0 spiro atoms. The zero-order chi connectivity index (χ0) is 29.8. The minimum absolute atomic E-state index is 0.0468. The molecule has 0 atom stereocenters. The summed E-state index contributed by atoms with van der Waals surface area (Å²) >= 11 is 1.47. The Bertz CT molecular complexity index is 1720. The molecule has 1 saturated carbocycles. The molecule has 6 rings (SSSR count). The van der Waals surface area contributed by atoms with Crippen molar-refractivity contribution in [1.82, 2.24) is 24.9 Å². The number of rotatable bonds is 10. The van der Waals surface area contributed by atoms with Crippen molar-refractivity contribution in [2.45, 2.75) is 44.3 Å². The summed E-state index contributed by atoms with van der Waals surface area (Å²) in [4.78, 5) is 35.0. The highest BCUT2D eigenvalue weighted by Gasteiger charge is 2.48. The predicted octanol–water partition coefficient (Wildman–Crippen LogP) is 5.55. The molecular weight excluding hydrogens is 564 g/mol. The van der Waals surface area contributed by atoms with Gasteiger partial charge >= 0.3 is 0 Å². The van der Waals surface area contributed by atoms with Crippen molar-refractivity contribution in [3.8, 4) is 22.8 Å². The lowest BCUT2D eigenvalue weighted by Gasteiger charge is -2.39. The van der Waals surface area contributed by atoms with E-state index in [-0.39, 0.29) is 24.9 Å². The molecule has 0 aliphatic heterocycles. The van der Waals surface area contributed by atoms with Crippen molar-refractivity contribution >= 4 is 39.9 Å². The molecular formula is C32H32N6O4S. The number of benzene rings is 3. The molecule has 3 aromatic carbocycles. The molecule has 0 unspecified atom stereocenters. The molecule has 0 bridgehead atoms. The Kier molecular flexibility index (Phi) is 8.06. The molecule has 2 heterocycles. The molecule has 2 amide bonds. The fourth-order valence-electron chi connectivity index (χ4n) is 5.64. The molecule has 1 aliphatic rings. The van der Waals surface area contributed by atoms with Crippen molar-refractivity contribution in [1.29, 1.82) is 0 Å². The monoisotopic (exact) mass is 596 g/mol. The molecule has 11 heteroatoms. The van der Waals surface area contributed by atoms with Crippen molar-refractivity contribution in [3.05, 3.63) is 83.2 Å². The van der Waals surface area contributed by atoms with Gasteiger partial charge in [0.15, 0.2) is 0 Å². The summed E-state index contributed by atoms with van der Waals surface area (Å²) < 4.78 is 12.1. The number of aromatic nitrogens is 4. The van der Waals surface area contributed by atoms with Crippen LogP contribution in [0.3, 0.4) is 0 Å². The van der Waals surface area contributed by atoms with Gasteiger partial charge in [-0.15, -0.1) is 16.4 Å². The first-order valence-corrected chi connectivity index (χ1v) is 15.0. The SMILES string of the molecule is COc1ccc(NC(=O)C2(N(Cc3nc(-c4ccc(OC)cc4)cs3)C(=O)Cn3nnc4ccccc43)CCCC2)cc1. The van der Waals surface area contributed by atoms with Crippen LogP contribution in [0.25, 0.3) is 22.3 Å². The molecule has 1 N–H and O–H groups in total. The average molecular weight is 597 g/mol. The first-order chi connectivity index (χ1) is 21.0. The van der Waals surface area contributed by atoms with E-state index in [0.717, 1.165) is 40.4 Å². The van der Waals surface area contributed by atoms with Gasteiger partial charge in [0.1, 0.15) is 34.1 Å². The van der Waals surface area contributed by atoms with Crippen LogP contribution in [0.15, 0.2) is 78.2 Å². The summed E-state index contributed by atoms with van der Waals surface area (Å²) in [5.41, 5.74) is 2.82. The number of hydrogen-bond acceptors (Lipinski definition) is 8. The van der Waals surface area contributed by atoms with Gasteiger partial charge in [0.2, 0.25) is 11.8 Å². The van der Waals surface area contributed by atoms with Crippen molar-refractivity contribution in [2.75, 3.05) is 19.5 Å². The second kappa shape index (κ2) is 12.2. The van der Waals surface area contributed by atoms with E-state index in [4.69, 9.17) is 14.5 Å². The molecule has 220 valence electrons. The first-order valence-electron chi connectivity index (χ1n) is 14.1. The predicted molar refractivity (Wildman–Crippen MR) is 165 cm³/mol. The Balaban J connectivity index is 1.33. The maximum atomic E-state index is 14.2. The molecule has 5 aromatic rings. The molecule has 0 saturated heterocycles. The number of anilines is 1. The Labute approximate surface area is 253 Å². The zero-order valence-corrected chi connectivity index (χ0v) is 24.8. The van der Waals surface area contributed by atoms with Gasteiger partial charge in [0.25, 0.3) is 0 Å². The fourth-order valence-corrected chi connectivity index (χ4v) is 6.43. The summed E-state index contributed by atoms with van der Waals surface area (Å²) in [6.45, 7) is 0.150. The van der Waals surface area contributed by atoms with E-state index in [0.29, 0.717) is 29.8 Å². The lowest BCUT2D eigenvalue weighted by molar-refractivity contribution is -0.147. The van der Waals surface area contributed by atoms with Gasteiger partial charge in [-0.1, -0.05) is 30.2 Å². The van der Waals surface area contributed by atoms with E-state index in [1.54, 1.807) is 48.1 Å². The van der Waals surface area contributed by atoms with Crippen molar-refractivity contribution < 1.29 is 19.1 Å². The van der Waals surface area contributed by atoms with E-state index in [1.807, 2.05) is 53.9 Å². The number of para-hydroxylation sites is 1. The lowest BCUT2D eigenvalue weighted by Crippen LogP contribution is -2.57. The largest absolute Gasteiger partial charge is 0.497 e. The van der Waals surface area contributed by atoms with E-state index < -0.39 is 5.54 Å². The number of amides is 2. The van der Waals surface area contributed by atoms with E-state index in [9.17, 15) is 9.59 Å². The Morgan fingerprint density at radius 1 is 0.953 bits per heavy atom. The maximum Gasteiger partial charge on any atom is 0.250 e. The molecule has 2 aromatic heterocycles. The van der Waals surface area contributed by atoms with Crippen molar-refractivity contribution in [3.63, 3.8) is 0 Å². The smallest absolute Gasteiger partial charge is 0.250 e. The quantitative estimate of drug-likeness (QED) is 0.225. The fraction of sp³-hybridized carbons (Fsp3) is 0.281. The highest BCUT2D eigenvalue weighted by molar-refractivity contribution is 7.09. The standard InChI is InChI=1S/C32H32N6O4S/c1-41-24-13-9-22(10-14-24)27-21-43-29(34-27)19-37(30(39)20-38-28-8-4-3-7-26(28)35-36-38)32(17-5-6-18-32)31(40)33-23-11-15-25(42-2)16-12-23/h3-4,7-16,21H,5-6,17-20H2,1-2H3,(H,33,40). The second-order valence-electron chi connectivity index (χ2n) is 10.5. The topological polar surface area (TPSA) is 111 Å². The third kappa shape index (κ3) is 5.80. The number of hydrogen-bond donors (Lipinski definition) is 1. The third-order valence-corrected chi connectivity index (χ3v) is 8.79. The average Bonchev–Trinajstić information content (AvgIpc) is 3.81. The summed E-state index contributed by atoms with van der Waals surface area (Å²) in [6, 6.07) is 22.4. The van der Waals surface area contributed by atoms with Crippen LogP contribution in [0.2, 0.25) is 0 Å².